The van der Waals surface area contributed by atoms with Gasteiger partial charge in [0.05, 0.1) is 33.5 Å². The molecule has 1 fully saturated rings. The quantitative estimate of drug-likeness (QED) is 0.574. The molecule has 0 bridgehead atoms. The van der Waals surface area contributed by atoms with Crippen LogP contribution in [-0.4, -0.2) is 34.1 Å². The maximum Gasteiger partial charge on any atom is 0.232 e. The van der Waals surface area contributed by atoms with Gasteiger partial charge in [-0.05, 0) is 37.5 Å². The molecule has 0 amide bonds. The Labute approximate surface area is 172 Å². The summed E-state index contributed by atoms with van der Waals surface area (Å²) in [6.45, 7) is 1.75. The number of benzene rings is 1. The molecule has 1 saturated carbocycles. The molecule has 2 aromatic heterocycles. The number of hydrogen-bond acceptors (Lipinski definition) is 5. The number of aromatic nitrogens is 4. The van der Waals surface area contributed by atoms with Crippen molar-refractivity contribution in [1.82, 2.24) is 19.9 Å². The second-order valence-electron chi connectivity index (χ2n) is 6.95. The van der Waals surface area contributed by atoms with Crippen LogP contribution < -0.4 is 4.72 Å². The van der Waals surface area contributed by atoms with Crippen LogP contribution in [0.15, 0.2) is 30.7 Å². The van der Waals surface area contributed by atoms with E-state index in [9.17, 15) is 12.8 Å². The molecule has 29 heavy (non-hydrogen) atoms. The van der Waals surface area contributed by atoms with E-state index in [2.05, 4.69) is 24.7 Å². The minimum absolute atomic E-state index is 0.0141. The van der Waals surface area contributed by atoms with Crippen molar-refractivity contribution in [2.24, 2.45) is 0 Å². The fourth-order valence-corrected chi connectivity index (χ4v) is 4.52. The number of sulfonamides is 1. The van der Waals surface area contributed by atoms with E-state index >= 15 is 0 Å². The largest absolute Gasteiger partial charge is 0.340 e. The second kappa shape index (κ2) is 7.72. The van der Waals surface area contributed by atoms with Gasteiger partial charge in [0.15, 0.2) is 0 Å². The van der Waals surface area contributed by atoms with E-state index in [0.717, 1.165) is 24.7 Å². The van der Waals surface area contributed by atoms with Gasteiger partial charge in [-0.3, -0.25) is 4.72 Å². The van der Waals surface area contributed by atoms with Crippen molar-refractivity contribution in [1.29, 1.82) is 0 Å². The molecule has 2 N–H and O–H groups in total. The fourth-order valence-electron chi connectivity index (χ4n) is 3.08. The maximum atomic E-state index is 14.4. The van der Waals surface area contributed by atoms with Crippen LogP contribution in [-0.2, 0) is 10.0 Å². The van der Waals surface area contributed by atoms with E-state index in [1.54, 1.807) is 19.2 Å². The Bertz CT molecular complexity index is 1150. The average molecular weight is 436 g/mol. The number of H-pyrrole nitrogens is 1. The van der Waals surface area contributed by atoms with E-state index in [1.165, 1.54) is 12.4 Å². The Morgan fingerprint density at radius 3 is 2.79 bits per heavy atom. The predicted molar refractivity (Wildman–Crippen MR) is 110 cm³/mol. The lowest BCUT2D eigenvalue weighted by Gasteiger charge is -2.12. The van der Waals surface area contributed by atoms with E-state index in [-0.39, 0.29) is 22.0 Å². The number of anilines is 1. The number of hydrogen-bond donors (Lipinski definition) is 2. The first-order chi connectivity index (χ1) is 13.9. The molecular weight excluding hydrogens is 417 g/mol. The predicted octanol–water partition coefficient (Wildman–Crippen LogP) is 4.36. The zero-order valence-corrected chi connectivity index (χ0v) is 17.2. The topological polar surface area (TPSA) is 101 Å². The van der Waals surface area contributed by atoms with E-state index in [0.29, 0.717) is 29.4 Å². The van der Waals surface area contributed by atoms with Gasteiger partial charge in [0.2, 0.25) is 10.0 Å². The summed E-state index contributed by atoms with van der Waals surface area (Å²) in [6, 6.07) is 4.03. The molecule has 0 spiro atoms. The van der Waals surface area contributed by atoms with Gasteiger partial charge in [0.1, 0.15) is 18.0 Å². The van der Waals surface area contributed by atoms with Gasteiger partial charge >= 0.3 is 0 Å². The number of rotatable bonds is 7. The first-order valence-electron chi connectivity index (χ1n) is 9.24. The van der Waals surface area contributed by atoms with Crippen molar-refractivity contribution in [3.63, 3.8) is 0 Å². The molecule has 2 heterocycles. The Morgan fingerprint density at radius 2 is 2.14 bits per heavy atom. The molecule has 7 nitrogen and oxygen atoms in total. The standard InChI is InChI=1S/C19H19ClFN5O2S/c1-2-7-29(27,28)26-15-9-12(21)8-13(16(15)20)17-18(14-5-6-22-10-23-14)25-19(24-17)11-3-4-11/h5-6,8-11,26H,2-4,7H2,1H3,(H,24,25). The summed E-state index contributed by atoms with van der Waals surface area (Å²) < 4.78 is 41.1. The Balaban J connectivity index is 1.85. The van der Waals surface area contributed by atoms with Gasteiger partial charge in [-0.2, -0.15) is 0 Å². The lowest BCUT2D eigenvalue weighted by molar-refractivity contribution is 0.599. The average Bonchev–Trinajstić information content (AvgIpc) is 3.43. The van der Waals surface area contributed by atoms with Crippen molar-refractivity contribution in [3.05, 3.63) is 47.4 Å². The van der Waals surface area contributed by atoms with Crippen molar-refractivity contribution in [2.75, 3.05) is 10.5 Å². The van der Waals surface area contributed by atoms with Gasteiger partial charge < -0.3 is 4.98 Å². The Hall–Kier alpha value is -2.52. The van der Waals surface area contributed by atoms with Crippen LogP contribution in [0, 0.1) is 5.82 Å². The smallest absolute Gasteiger partial charge is 0.232 e. The Morgan fingerprint density at radius 1 is 1.34 bits per heavy atom. The van der Waals surface area contributed by atoms with E-state index in [1.807, 2.05) is 0 Å². The molecule has 0 atom stereocenters. The van der Waals surface area contributed by atoms with Gasteiger partial charge in [0, 0.05) is 17.7 Å². The summed E-state index contributed by atoms with van der Waals surface area (Å²) in [5.41, 5.74) is 1.87. The van der Waals surface area contributed by atoms with Crippen molar-refractivity contribution >= 4 is 27.3 Å². The van der Waals surface area contributed by atoms with Gasteiger partial charge in [-0.1, -0.05) is 18.5 Å². The molecule has 1 aliphatic rings. The molecule has 3 aromatic rings. The highest BCUT2D eigenvalue weighted by atomic mass is 35.5. The number of nitrogens with one attached hydrogen (secondary N) is 2. The summed E-state index contributed by atoms with van der Waals surface area (Å²) >= 11 is 6.51. The Kier molecular flexibility index (Phi) is 5.26. The number of halogens is 2. The van der Waals surface area contributed by atoms with Crippen molar-refractivity contribution < 1.29 is 12.8 Å². The fraction of sp³-hybridized carbons (Fsp3) is 0.316. The van der Waals surface area contributed by atoms with Crippen LogP contribution in [0.25, 0.3) is 22.6 Å². The number of aromatic amines is 1. The molecular formula is C19H19ClFN5O2S. The summed E-state index contributed by atoms with van der Waals surface area (Å²) in [6.07, 6.45) is 5.48. The van der Waals surface area contributed by atoms with Gasteiger partial charge in [-0.15, -0.1) is 0 Å². The van der Waals surface area contributed by atoms with Crippen LogP contribution in [0.1, 0.15) is 37.9 Å². The highest BCUT2D eigenvalue weighted by Gasteiger charge is 2.30. The van der Waals surface area contributed by atoms with Crippen LogP contribution >= 0.6 is 11.6 Å². The van der Waals surface area contributed by atoms with Crippen LogP contribution in [0.2, 0.25) is 5.02 Å². The molecule has 1 aromatic carbocycles. The zero-order chi connectivity index (χ0) is 20.6. The molecule has 1 aliphatic carbocycles. The summed E-state index contributed by atoms with van der Waals surface area (Å²) in [4.78, 5) is 16.1. The minimum Gasteiger partial charge on any atom is -0.340 e. The van der Waals surface area contributed by atoms with Crippen molar-refractivity contribution in [2.45, 2.75) is 32.1 Å². The number of nitrogens with zero attached hydrogens (tertiary/aromatic N) is 3. The lowest BCUT2D eigenvalue weighted by Crippen LogP contribution is -2.16. The molecule has 0 aliphatic heterocycles. The van der Waals surface area contributed by atoms with Gasteiger partial charge in [0.25, 0.3) is 0 Å². The molecule has 0 radical (unpaired) electrons. The van der Waals surface area contributed by atoms with Crippen molar-refractivity contribution in [3.8, 4) is 22.6 Å². The molecule has 4 rings (SSSR count). The minimum atomic E-state index is -3.63. The normalized spacial score (nSPS) is 14.2. The van der Waals surface area contributed by atoms with Crippen LogP contribution in [0.3, 0.4) is 0 Å². The highest BCUT2D eigenvalue weighted by molar-refractivity contribution is 7.92. The maximum absolute atomic E-state index is 14.4. The zero-order valence-electron chi connectivity index (χ0n) is 15.6. The summed E-state index contributed by atoms with van der Waals surface area (Å²) in [7, 11) is -3.63. The summed E-state index contributed by atoms with van der Waals surface area (Å²) in [5, 5.41) is 0.0789. The third-order valence-corrected chi connectivity index (χ3v) is 6.44. The SMILES string of the molecule is CCCS(=O)(=O)Nc1cc(F)cc(-c2nc(C3CC3)[nH]c2-c2ccncn2)c1Cl. The molecule has 10 heteroatoms. The summed E-state index contributed by atoms with van der Waals surface area (Å²) in [5.74, 6) is 0.389. The number of imidazole rings is 1. The second-order valence-corrected chi connectivity index (χ2v) is 9.17. The van der Waals surface area contributed by atoms with Crippen LogP contribution in [0.5, 0.6) is 0 Å². The van der Waals surface area contributed by atoms with Crippen LogP contribution in [0.4, 0.5) is 10.1 Å². The first kappa shape index (κ1) is 19.8. The third-order valence-electron chi connectivity index (χ3n) is 4.56. The molecule has 152 valence electrons. The monoisotopic (exact) mass is 435 g/mol. The molecule has 0 unspecified atom stereocenters. The van der Waals surface area contributed by atoms with E-state index < -0.39 is 15.8 Å². The lowest BCUT2D eigenvalue weighted by atomic mass is 10.1. The van der Waals surface area contributed by atoms with Gasteiger partial charge in [-0.25, -0.2) is 27.8 Å². The molecule has 0 saturated heterocycles. The first-order valence-corrected chi connectivity index (χ1v) is 11.3. The highest BCUT2D eigenvalue weighted by Crippen LogP contribution is 2.43. The third kappa shape index (κ3) is 4.25. The van der Waals surface area contributed by atoms with E-state index in [4.69, 9.17) is 11.6 Å².